The first kappa shape index (κ1) is 7.21. The third-order valence-electron chi connectivity index (χ3n) is 1.83. The third kappa shape index (κ3) is 0.879. The maximum atomic E-state index is 12.6. The lowest BCUT2D eigenvalue weighted by Gasteiger charge is -1.96. The fourth-order valence-electron chi connectivity index (χ4n) is 1.22. The van der Waals surface area contributed by atoms with Crippen molar-refractivity contribution in [1.82, 2.24) is 5.32 Å². The summed E-state index contributed by atoms with van der Waals surface area (Å²) in [6.07, 6.45) is 0. The first-order valence-corrected chi connectivity index (χ1v) is 3.44. The molecule has 2 nitrogen and oxygen atoms in total. The molecule has 1 amide bonds. The number of amides is 1. The Hall–Kier alpha value is -1.45. The molecule has 12 heavy (non-hydrogen) atoms. The molecule has 0 atom stereocenters. The molecule has 2 rings (SSSR count). The molecule has 0 bridgehead atoms. The molecule has 4 heteroatoms. The van der Waals surface area contributed by atoms with E-state index in [0.717, 1.165) is 12.1 Å². The number of carbonyl (C=O) groups is 1. The molecule has 1 aromatic carbocycles. The van der Waals surface area contributed by atoms with Crippen LogP contribution in [0.15, 0.2) is 12.1 Å². The molecule has 0 unspecified atom stereocenters. The molecule has 1 aliphatic rings. The van der Waals surface area contributed by atoms with Gasteiger partial charge in [0.1, 0.15) is 0 Å². The van der Waals surface area contributed by atoms with Crippen molar-refractivity contribution in [2.45, 2.75) is 6.54 Å². The summed E-state index contributed by atoms with van der Waals surface area (Å²) in [6.45, 7) is 0.283. The molecule has 0 saturated carbocycles. The molecule has 0 aromatic heterocycles. The number of halogens is 2. The van der Waals surface area contributed by atoms with Crippen LogP contribution in [-0.2, 0) is 6.54 Å². The van der Waals surface area contributed by atoms with Gasteiger partial charge >= 0.3 is 0 Å². The Labute approximate surface area is 67.2 Å². The van der Waals surface area contributed by atoms with E-state index in [2.05, 4.69) is 5.32 Å². The van der Waals surface area contributed by atoms with Crippen molar-refractivity contribution in [2.75, 3.05) is 0 Å². The van der Waals surface area contributed by atoms with Crippen LogP contribution in [0.25, 0.3) is 0 Å². The van der Waals surface area contributed by atoms with Crippen molar-refractivity contribution in [2.24, 2.45) is 0 Å². The number of hydrogen-bond acceptors (Lipinski definition) is 1. The number of fused-ring (bicyclic) bond motifs is 1. The van der Waals surface area contributed by atoms with Gasteiger partial charge in [-0.1, -0.05) is 0 Å². The molecule has 1 heterocycles. The fraction of sp³-hybridized carbons (Fsp3) is 0.125. The predicted molar refractivity (Wildman–Crippen MR) is 37.5 cm³/mol. The van der Waals surface area contributed by atoms with E-state index < -0.39 is 11.6 Å². The second kappa shape index (κ2) is 2.27. The minimum absolute atomic E-state index is 0.230. The SMILES string of the molecule is O=C1NCc2cc(F)c(F)cc21. The molecular formula is C8H5F2NO. The van der Waals surface area contributed by atoms with Gasteiger partial charge in [0.2, 0.25) is 0 Å². The number of nitrogens with one attached hydrogen (secondary N) is 1. The van der Waals surface area contributed by atoms with Crippen LogP contribution in [0, 0.1) is 11.6 Å². The molecule has 0 spiro atoms. The van der Waals surface area contributed by atoms with Crippen LogP contribution < -0.4 is 5.32 Å². The lowest BCUT2D eigenvalue weighted by Crippen LogP contribution is -2.12. The topological polar surface area (TPSA) is 29.1 Å². The van der Waals surface area contributed by atoms with Crippen LogP contribution in [0.2, 0.25) is 0 Å². The Bertz CT molecular complexity index is 362. The number of carbonyl (C=O) groups excluding carboxylic acids is 1. The molecule has 0 saturated heterocycles. The lowest BCUT2D eigenvalue weighted by atomic mass is 10.1. The highest BCUT2D eigenvalue weighted by atomic mass is 19.2. The van der Waals surface area contributed by atoms with Crippen LogP contribution in [0.1, 0.15) is 15.9 Å². The van der Waals surface area contributed by atoms with Gasteiger partial charge < -0.3 is 5.32 Å². The van der Waals surface area contributed by atoms with E-state index in [1.807, 2.05) is 0 Å². The predicted octanol–water partition coefficient (Wildman–Crippen LogP) is 1.21. The van der Waals surface area contributed by atoms with Gasteiger partial charge in [-0.25, -0.2) is 8.78 Å². The summed E-state index contributed by atoms with van der Waals surface area (Å²) in [7, 11) is 0. The molecule has 1 aromatic rings. The molecule has 0 radical (unpaired) electrons. The average Bonchev–Trinajstić information content (AvgIpc) is 2.35. The summed E-state index contributed by atoms with van der Waals surface area (Å²) in [5.41, 5.74) is 0.743. The Morgan fingerprint density at radius 1 is 1.25 bits per heavy atom. The standard InChI is InChI=1S/C8H5F2NO/c9-6-1-4-3-11-8(12)5(4)2-7(6)10/h1-2H,3H2,(H,11,12). The molecule has 62 valence electrons. The average molecular weight is 169 g/mol. The highest BCUT2D eigenvalue weighted by Gasteiger charge is 2.20. The van der Waals surface area contributed by atoms with Gasteiger partial charge in [-0.2, -0.15) is 0 Å². The largest absolute Gasteiger partial charge is 0.348 e. The van der Waals surface area contributed by atoms with E-state index in [4.69, 9.17) is 0 Å². The zero-order chi connectivity index (χ0) is 8.72. The maximum Gasteiger partial charge on any atom is 0.252 e. The minimum Gasteiger partial charge on any atom is -0.348 e. The van der Waals surface area contributed by atoms with Crippen molar-refractivity contribution >= 4 is 5.91 Å². The van der Waals surface area contributed by atoms with Gasteiger partial charge in [0, 0.05) is 12.1 Å². The lowest BCUT2D eigenvalue weighted by molar-refractivity contribution is 0.0965. The zero-order valence-electron chi connectivity index (χ0n) is 6.03. The number of rotatable bonds is 0. The molecule has 0 fully saturated rings. The molecule has 0 aliphatic carbocycles. The van der Waals surface area contributed by atoms with Crippen molar-refractivity contribution in [1.29, 1.82) is 0 Å². The monoisotopic (exact) mass is 169 g/mol. The van der Waals surface area contributed by atoms with E-state index >= 15 is 0 Å². The summed E-state index contributed by atoms with van der Waals surface area (Å²) in [5.74, 6) is -2.24. The summed E-state index contributed by atoms with van der Waals surface area (Å²) < 4.78 is 25.2. The molecule has 1 N–H and O–H groups in total. The fourth-order valence-corrected chi connectivity index (χ4v) is 1.22. The van der Waals surface area contributed by atoms with Gasteiger partial charge in [-0.3, -0.25) is 4.79 Å². The van der Waals surface area contributed by atoms with Gasteiger partial charge in [-0.15, -0.1) is 0 Å². The van der Waals surface area contributed by atoms with Crippen LogP contribution in [0.4, 0.5) is 8.78 Å². The second-order valence-corrected chi connectivity index (χ2v) is 2.61. The maximum absolute atomic E-state index is 12.6. The Morgan fingerprint density at radius 3 is 2.67 bits per heavy atom. The van der Waals surface area contributed by atoms with E-state index in [-0.39, 0.29) is 18.0 Å². The zero-order valence-corrected chi connectivity index (χ0v) is 6.03. The van der Waals surface area contributed by atoms with Crippen LogP contribution in [-0.4, -0.2) is 5.91 Å². The highest BCUT2D eigenvalue weighted by molar-refractivity contribution is 5.98. The Balaban J connectivity index is 2.63. The van der Waals surface area contributed by atoms with Gasteiger partial charge in [0.05, 0.1) is 0 Å². The number of hydrogen-bond donors (Lipinski definition) is 1. The summed E-state index contributed by atoms with van der Waals surface area (Å²) in [5, 5.41) is 2.47. The van der Waals surface area contributed by atoms with E-state index in [0.29, 0.717) is 5.56 Å². The van der Waals surface area contributed by atoms with Gasteiger partial charge in [-0.05, 0) is 17.7 Å². The van der Waals surface area contributed by atoms with Gasteiger partial charge in [0.15, 0.2) is 11.6 Å². The van der Waals surface area contributed by atoms with Gasteiger partial charge in [0.25, 0.3) is 5.91 Å². The Morgan fingerprint density at radius 2 is 1.92 bits per heavy atom. The van der Waals surface area contributed by atoms with E-state index in [1.165, 1.54) is 0 Å². The highest BCUT2D eigenvalue weighted by Crippen LogP contribution is 2.18. The third-order valence-corrected chi connectivity index (χ3v) is 1.83. The van der Waals surface area contributed by atoms with E-state index in [9.17, 15) is 13.6 Å². The normalized spacial score (nSPS) is 14.3. The first-order valence-electron chi connectivity index (χ1n) is 3.44. The first-order chi connectivity index (χ1) is 5.68. The van der Waals surface area contributed by atoms with Crippen molar-refractivity contribution in [3.05, 3.63) is 34.9 Å². The smallest absolute Gasteiger partial charge is 0.252 e. The van der Waals surface area contributed by atoms with Crippen LogP contribution in [0.5, 0.6) is 0 Å². The van der Waals surface area contributed by atoms with Crippen molar-refractivity contribution in [3.8, 4) is 0 Å². The summed E-state index contributed by atoms with van der Waals surface area (Å²) in [6, 6.07) is 1.97. The summed E-state index contributed by atoms with van der Waals surface area (Å²) in [4.78, 5) is 10.9. The quantitative estimate of drug-likeness (QED) is 0.621. The minimum atomic E-state index is -0.981. The Kier molecular flexibility index (Phi) is 1.36. The molecule has 1 aliphatic heterocycles. The molecular weight excluding hydrogens is 164 g/mol. The summed E-state index contributed by atoms with van der Waals surface area (Å²) >= 11 is 0. The van der Waals surface area contributed by atoms with Crippen molar-refractivity contribution < 1.29 is 13.6 Å². The van der Waals surface area contributed by atoms with Crippen LogP contribution >= 0.6 is 0 Å². The van der Waals surface area contributed by atoms with Crippen LogP contribution in [0.3, 0.4) is 0 Å². The number of benzene rings is 1. The second-order valence-electron chi connectivity index (χ2n) is 2.61. The van der Waals surface area contributed by atoms with E-state index in [1.54, 1.807) is 0 Å². The van der Waals surface area contributed by atoms with Crippen molar-refractivity contribution in [3.63, 3.8) is 0 Å².